The third-order valence-electron chi connectivity index (χ3n) is 6.09. The molecule has 1 fully saturated rings. The molecule has 0 aliphatic carbocycles. The average Bonchev–Trinajstić information content (AvgIpc) is 3.38. The number of benzene rings is 1. The third kappa shape index (κ3) is 3.92. The van der Waals surface area contributed by atoms with Crippen LogP contribution in [0, 0.1) is 13.8 Å². The summed E-state index contributed by atoms with van der Waals surface area (Å²) >= 11 is 1.53. The van der Waals surface area contributed by atoms with Crippen LogP contribution < -0.4 is 15.0 Å². The Balaban J connectivity index is 1.51. The second-order valence-corrected chi connectivity index (χ2v) is 9.02. The number of rotatable bonds is 6. The van der Waals surface area contributed by atoms with E-state index in [1.165, 1.54) is 11.3 Å². The zero-order valence-corrected chi connectivity index (χ0v) is 19.1. The maximum atomic E-state index is 13.1. The molecule has 31 heavy (non-hydrogen) atoms. The van der Waals surface area contributed by atoms with Crippen LogP contribution in [-0.4, -0.2) is 41.1 Å². The highest BCUT2D eigenvalue weighted by Gasteiger charge is 2.30. The monoisotopic (exact) mass is 441 g/mol. The first-order chi connectivity index (χ1) is 14.9. The summed E-state index contributed by atoms with van der Waals surface area (Å²) in [6, 6.07) is 5.81. The van der Waals surface area contributed by atoms with Gasteiger partial charge in [0.25, 0.3) is 5.56 Å². The van der Waals surface area contributed by atoms with E-state index in [9.17, 15) is 9.59 Å². The maximum Gasteiger partial charge on any atom is 0.262 e. The van der Waals surface area contributed by atoms with Crippen molar-refractivity contribution < 1.29 is 14.3 Å². The van der Waals surface area contributed by atoms with E-state index in [1.807, 2.05) is 36.9 Å². The van der Waals surface area contributed by atoms with Gasteiger partial charge in [-0.15, -0.1) is 11.3 Å². The number of likely N-dealkylation sites (tertiary alicyclic amines) is 1. The molecule has 2 aromatic heterocycles. The molecule has 3 heterocycles. The minimum absolute atomic E-state index is 0.00593. The molecule has 164 valence electrons. The van der Waals surface area contributed by atoms with E-state index in [1.54, 1.807) is 25.1 Å². The van der Waals surface area contributed by atoms with Gasteiger partial charge in [0.1, 0.15) is 4.83 Å². The number of aromatic nitrogens is 2. The molecule has 0 N–H and O–H groups in total. The molecule has 0 spiro atoms. The number of thiophene rings is 1. The Morgan fingerprint density at radius 1 is 1.23 bits per heavy atom. The SMILES string of the molecule is COc1ccc(C2CCCN2C(=O)CCn2cnc3sc(C)c(C)c3c2=O)cc1OC. The molecular weight excluding hydrogens is 414 g/mol. The molecule has 1 saturated heterocycles. The standard InChI is InChI=1S/C23H27N3O4S/c1-14-15(2)31-22-21(14)23(28)25(13-24-22)11-9-20(27)26-10-5-6-17(26)16-7-8-18(29-3)19(12-16)30-4/h7-8,12-13,17H,5-6,9-11H2,1-4H3. The summed E-state index contributed by atoms with van der Waals surface area (Å²) < 4.78 is 12.3. The third-order valence-corrected chi connectivity index (χ3v) is 7.20. The van der Waals surface area contributed by atoms with Gasteiger partial charge in [0.15, 0.2) is 11.5 Å². The number of ether oxygens (including phenoxy) is 2. The van der Waals surface area contributed by atoms with E-state index >= 15 is 0 Å². The van der Waals surface area contributed by atoms with E-state index < -0.39 is 0 Å². The molecule has 1 unspecified atom stereocenters. The smallest absolute Gasteiger partial charge is 0.262 e. The van der Waals surface area contributed by atoms with Gasteiger partial charge in [-0.1, -0.05) is 6.07 Å². The van der Waals surface area contributed by atoms with Gasteiger partial charge in [-0.2, -0.15) is 0 Å². The van der Waals surface area contributed by atoms with Crippen LogP contribution in [0.5, 0.6) is 11.5 Å². The van der Waals surface area contributed by atoms with Gasteiger partial charge in [-0.05, 0) is 49.9 Å². The van der Waals surface area contributed by atoms with Crippen LogP contribution in [0.2, 0.25) is 0 Å². The lowest BCUT2D eigenvalue weighted by Gasteiger charge is -2.26. The van der Waals surface area contributed by atoms with Crippen molar-refractivity contribution in [2.45, 2.75) is 45.7 Å². The molecule has 0 saturated carbocycles. The number of amides is 1. The van der Waals surface area contributed by atoms with Crippen molar-refractivity contribution in [3.8, 4) is 11.5 Å². The van der Waals surface area contributed by atoms with Crippen LogP contribution in [-0.2, 0) is 11.3 Å². The number of hydrogen-bond donors (Lipinski definition) is 0. The second-order valence-electron chi connectivity index (χ2n) is 7.82. The summed E-state index contributed by atoms with van der Waals surface area (Å²) in [7, 11) is 3.22. The average molecular weight is 442 g/mol. The summed E-state index contributed by atoms with van der Waals surface area (Å²) in [6.45, 7) is 4.98. The number of fused-ring (bicyclic) bond motifs is 1. The highest BCUT2D eigenvalue weighted by molar-refractivity contribution is 7.18. The van der Waals surface area contributed by atoms with Crippen molar-refractivity contribution in [2.75, 3.05) is 20.8 Å². The molecule has 1 aromatic carbocycles. The first-order valence-corrected chi connectivity index (χ1v) is 11.2. The van der Waals surface area contributed by atoms with Crippen molar-refractivity contribution in [3.05, 3.63) is 50.9 Å². The molecule has 8 heteroatoms. The van der Waals surface area contributed by atoms with Gasteiger partial charge in [0.2, 0.25) is 5.91 Å². The number of aryl methyl sites for hydroxylation is 3. The fraction of sp³-hybridized carbons (Fsp3) is 0.435. The van der Waals surface area contributed by atoms with Crippen LogP contribution in [0.1, 0.15) is 41.3 Å². The summed E-state index contributed by atoms with van der Waals surface area (Å²) in [5, 5.41) is 0.668. The second kappa shape index (κ2) is 8.70. The number of methoxy groups -OCH3 is 2. The lowest BCUT2D eigenvalue weighted by molar-refractivity contribution is -0.132. The fourth-order valence-electron chi connectivity index (χ4n) is 4.26. The van der Waals surface area contributed by atoms with Gasteiger partial charge in [0.05, 0.1) is 32.0 Å². The number of hydrogen-bond acceptors (Lipinski definition) is 6. The Bertz CT molecular complexity index is 1180. The molecule has 1 aliphatic rings. The van der Waals surface area contributed by atoms with Crippen molar-refractivity contribution >= 4 is 27.5 Å². The Labute approximate surface area is 185 Å². The van der Waals surface area contributed by atoms with Crippen molar-refractivity contribution in [1.29, 1.82) is 0 Å². The first kappa shape index (κ1) is 21.4. The largest absolute Gasteiger partial charge is 0.493 e. The van der Waals surface area contributed by atoms with Gasteiger partial charge in [-0.25, -0.2) is 4.98 Å². The number of carbonyl (C=O) groups excluding carboxylic acids is 1. The Kier molecular flexibility index (Phi) is 6.00. The minimum atomic E-state index is -0.0717. The molecule has 0 radical (unpaired) electrons. The summed E-state index contributed by atoms with van der Waals surface area (Å²) in [5.74, 6) is 1.37. The highest BCUT2D eigenvalue weighted by Crippen LogP contribution is 2.37. The molecule has 7 nitrogen and oxygen atoms in total. The van der Waals surface area contributed by atoms with Gasteiger partial charge >= 0.3 is 0 Å². The predicted octanol–water partition coefficient (Wildman–Crippen LogP) is 3.85. The van der Waals surface area contributed by atoms with E-state index in [2.05, 4.69) is 4.98 Å². The Morgan fingerprint density at radius 3 is 2.74 bits per heavy atom. The lowest BCUT2D eigenvalue weighted by Crippen LogP contribution is -2.32. The van der Waals surface area contributed by atoms with Crippen molar-refractivity contribution in [3.63, 3.8) is 0 Å². The highest BCUT2D eigenvalue weighted by atomic mass is 32.1. The Morgan fingerprint density at radius 2 is 2.00 bits per heavy atom. The lowest BCUT2D eigenvalue weighted by atomic mass is 10.0. The molecular formula is C23H27N3O4S. The normalized spacial score (nSPS) is 16.1. The topological polar surface area (TPSA) is 73.7 Å². The van der Waals surface area contributed by atoms with Gasteiger partial charge in [0, 0.05) is 24.4 Å². The predicted molar refractivity (Wildman–Crippen MR) is 121 cm³/mol. The van der Waals surface area contributed by atoms with Crippen LogP contribution in [0.4, 0.5) is 0 Å². The number of nitrogens with zero attached hydrogens (tertiary/aromatic N) is 3. The Hall–Kier alpha value is -2.87. The first-order valence-electron chi connectivity index (χ1n) is 10.4. The summed E-state index contributed by atoms with van der Waals surface area (Å²) in [6.07, 6.45) is 3.68. The van der Waals surface area contributed by atoms with Crippen molar-refractivity contribution in [2.24, 2.45) is 0 Å². The molecule has 3 aromatic rings. The van der Waals surface area contributed by atoms with E-state index in [-0.39, 0.29) is 23.9 Å². The zero-order chi connectivity index (χ0) is 22.1. The summed E-state index contributed by atoms with van der Waals surface area (Å²) in [4.78, 5) is 34.2. The van der Waals surface area contributed by atoms with E-state index in [0.717, 1.165) is 33.7 Å². The van der Waals surface area contributed by atoms with E-state index in [0.29, 0.717) is 30.0 Å². The van der Waals surface area contributed by atoms with Crippen LogP contribution >= 0.6 is 11.3 Å². The fourth-order valence-corrected chi connectivity index (χ4v) is 5.25. The van der Waals surface area contributed by atoms with Gasteiger partial charge < -0.3 is 14.4 Å². The quantitative estimate of drug-likeness (QED) is 0.581. The van der Waals surface area contributed by atoms with Crippen molar-refractivity contribution in [1.82, 2.24) is 14.5 Å². The molecule has 1 amide bonds. The van der Waals surface area contributed by atoms with Crippen LogP contribution in [0.25, 0.3) is 10.2 Å². The van der Waals surface area contributed by atoms with Crippen LogP contribution in [0.3, 0.4) is 0 Å². The minimum Gasteiger partial charge on any atom is -0.493 e. The van der Waals surface area contributed by atoms with Crippen LogP contribution in [0.15, 0.2) is 29.3 Å². The maximum absolute atomic E-state index is 13.1. The molecule has 1 atom stereocenters. The van der Waals surface area contributed by atoms with Gasteiger partial charge in [-0.3, -0.25) is 14.2 Å². The molecule has 0 bridgehead atoms. The molecule has 1 aliphatic heterocycles. The molecule has 4 rings (SSSR count). The number of carbonyl (C=O) groups is 1. The van der Waals surface area contributed by atoms with E-state index in [4.69, 9.17) is 9.47 Å². The summed E-state index contributed by atoms with van der Waals surface area (Å²) in [5.41, 5.74) is 1.94. The zero-order valence-electron chi connectivity index (χ0n) is 18.3.